The quantitative estimate of drug-likeness (QED) is 0.747. The minimum Gasteiger partial charge on any atom is -0.369 e. The van der Waals surface area contributed by atoms with Crippen molar-refractivity contribution in [2.75, 3.05) is 23.7 Å². The summed E-state index contributed by atoms with van der Waals surface area (Å²) in [5.41, 5.74) is 0.245. The van der Waals surface area contributed by atoms with E-state index >= 15 is 0 Å². The van der Waals surface area contributed by atoms with Crippen LogP contribution in [0.5, 0.6) is 0 Å². The molecule has 0 aromatic carbocycles. The number of hydrogen-bond acceptors (Lipinski definition) is 3. The standard InChI is InChI=1S/C15H25Cl2N3/c1-6-7-18-13-11(16)8-12(17)14(20-13)19-9-10(2)15(3,4)5/h8,10H,6-7,9H2,1-5H3,(H2,18,19,20). The highest BCUT2D eigenvalue weighted by Crippen LogP contribution is 2.30. The number of rotatable bonds is 6. The molecule has 5 heteroatoms. The summed E-state index contributed by atoms with van der Waals surface area (Å²) in [7, 11) is 0. The van der Waals surface area contributed by atoms with Gasteiger partial charge in [-0.15, -0.1) is 0 Å². The van der Waals surface area contributed by atoms with Gasteiger partial charge in [-0.2, -0.15) is 0 Å². The molecule has 0 amide bonds. The Labute approximate surface area is 132 Å². The fourth-order valence-electron chi connectivity index (χ4n) is 1.51. The summed E-state index contributed by atoms with van der Waals surface area (Å²) in [5, 5.41) is 7.64. The van der Waals surface area contributed by atoms with Crippen LogP contribution < -0.4 is 10.6 Å². The van der Waals surface area contributed by atoms with E-state index in [9.17, 15) is 0 Å². The van der Waals surface area contributed by atoms with Crippen LogP contribution in [0.15, 0.2) is 6.07 Å². The summed E-state index contributed by atoms with van der Waals surface area (Å²) in [5.74, 6) is 1.87. The van der Waals surface area contributed by atoms with Crippen molar-refractivity contribution in [2.45, 2.75) is 41.0 Å². The number of pyridine rings is 1. The van der Waals surface area contributed by atoms with Crippen LogP contribution in [0, 0.1) is 11.3 Å². The van der Waals surface area contributed by atoms with Crippen LogP contribution in [-0.4, -0.2) is 18.1 Å². The van der Waals surface area contributed by atoms with Crippen molar-refractivity contribution in [3.63, 3.8) is 0 Å². The lowest BCUT2D eigenvalue weighted by molar-refractivity contribution is 0.274. The van der Waals surface area contributed by atoms with E-state index in [1.807, 2.05) is 0 Å². The average molecular weight is 318 g/mol. The van der Waals surface area contributed by atoms with E-state index in [1.54, 1.807) is 6.07 Å². The molecule has 3 nitrogen and oxygen atoms in total. The van der Waals surface area contributed by atoms with Crippen LogP contribution in [0.2, 0.25) is 10.0 Å². The first-order chi connectivity index (χ1) is 9.25. The third-order valence-corrected chi connectivity index (χ3v) is 4.10. The zero-order valence-corrected chi connectivity index (χ0v) is 14.5. The van der Waals surface area contributed by atoms with E-state index in [2.05, 4.69) is 50.2 Å². The van der Waals surface area contributed by atoms with Crippen molar-refractivity contribution in [3.8, 4) is 0 Å². The average Bonchev–Trinajstić information content (AvgIpc) is 2.35. The van der Waals surface area contributed by atoms with Crippen LogP contribution in [0.1, 0.15) is 41.0 Å². The van der Waals surface area contributed by atoms with E-state index in [4.69, 9.17) is 23.2 Å². The molecule has 1 atom stereocenters. The van der Waals surface area contributed by atoms with E-state index < -0.39 is 0 Å². The SMILES string of the molecule is CCCNc1nc(NCC(C)C(C)(C)C)c(Cl)cc1Cl. The second kappa shape index (κ2) is 7.37. The summed E-state index contributed by atoms with van der Waals surface area (Å²) in [4.78, 5) is 4.48. The molecule has 0 spiro atoms. The Hall–Kier alpha value is -0.670. The Morgan fingerprint density at radius 1 is 1.15 bits per heavy atom. The molecule has 0 aliphatic heterocycles. The molecule has 0 bridgehead atoms. The van der Waals surface area contributed by atoms with Gasteiger partial charge in [-0.05, 0) is 23.8 Å². The zero-order valence-electron chi connectivity index (χ0n) is 13.0. The maximum Gasteiger partial charge on any atom is 0.147 e. The van der Waals surface area contributed by atoms with Gasteiger partial charge in [-0.25, -0.2) is 4.98 Å². The van der Waals surface area contributed by atoms with E-state index in [-0.39, 0.29) is 5.41 Å². The molecule has 1 rings (SSSR count). The molecule has 0 radical (unpaired) electrons. The fourth-order valence-corrected chi connectivity index (χ4v) is 2.01. The van der Waals surface area contributed by atoms with Crippen molar-refractivity contribution in [1.29, 1.82) is 0 Å². The first kappa shape index (κ1) is 17.4. The maximum atomic E-state index is 6.20. The van der Waals surface area contributed by atoms with Crippen LogP contribution in [0.4, 0.5) is 11.6 Å². The first-order valence-electron chi connectivity index (χ1n) is 7.09. The Kier molecular flexibility index (Phi) is 6.41. The molecule has 0 saturated heterocycles. The Morgan fingerprint density at radius 3 is 2.20 bits per heavy atom. The van der Waals surface area contributed by atoms with E-state index in [0.29, 0.717) is 27.6 Å². The normalized spacial score (nSPS) is 13.2. The van der Waals surface area contributed by atoms with Crippen molar-refractivity contribution in [3.05, 3.63) is 16.1 Å². The van der Waals surface area contributed by atoms with Crippen LogP contribution >= 0.6 is 23.2 Å². The number of nitrogens with zero attached hydrogens (tertiary/aromatic N) is 1. The molecule has 114 valence electrons. The van der Waals surface area contributed by atoms with Gasteiger partial charge in [0.2, 0.25) is 0 Å². The second-order valence-electron chi connectivity index (χ2n) is 6.22. The predicted octanol–water partition coefficient (Wildman–Crippen LogP) is 5.30. The van der Waals surface area contributed by atoms with Crippen molar-refractivity contribution in [1.82, 2.24) is 4.98 Å². The smallest absolute Gasteiger partial charge is 0.147 e. The monoisotopic (exact) mass is 317 g/mol. The molecule has 1 aromatic heterocycles. The summed E-state index contributed by atoms with van der Waals surface area (Å²) in [6.07, 6.45) is 1.02. The first-order valence-corrected chi connectivity index (χ1v) is 7.85. The van der Waals surface area contributed by atoms with Crippen LogP contribution in [-0.2, 0) is 0 Å². The Bertz CT molecular complexity index is 441. The van der Waals surface area contributed by atoms with E-state index in [1.165, 1.54) is 0 Å². The minimum atomic E-state index is 0.245. The highest BCUT2D eigenvalue weighted by Gasteiger charge is 2.20. The summed E-state index contributed by atoms with van der Waals surface area (Å²) < 4.78 is 0. The van der Waals surface area contributed by atoms with Gasteiger partial charge in [0.1, 0.15) is 11.6 Å². The molecule has 0 saturated carbocycles. The zero-order chi connectivity index (χ0) is 15.3. The van der Waals surface area contributed by atoms with Crippen LogP contribution in [0.3, 0.4) is 0 Å². The largest absolute Gasteiger partial charge is 0.369 e. The van der Waals surface area contributed by atoms with Gasteiger partial charge in [-0.3, -0.25) is 0 Å². The van der Waals surface area contributed by atoms with Gasteiger partial charge in [0.05, 0.1) is 10.0 Å². The minimum absolute atomic E-state index is 0.245. The van der Waals surface area contributed by atoms with Crippen molar-refractivity contribution in [2.24, 2.45) is 11.3 Å². The molecule has 0 aliphatic carbocycles. The van der Waals surface area contributed by atoms with Crippen molar-refractivity contribution >= 4 is 34.8 Å². The fraction of sp³-hybridized carbons (Fsp3) is 0.667. The molecule has 2 N–H and O–H groups in total. The molecular weight excluding hydrogens is 293 g/mol. The molecule has 1 unspecified atom stereocenters. The van der Waals surface area contributed by atoms with Gasteiger partial charge in [-0.1, -0.05) is 57.8 Å². The van der Waals surface area contributed by atoms with Crippen molar-refractivity contribution < 1.29 is 0 Å². The van der Waals surface area contributed by atoms with Gasteiger partial charge in [0, 0.05) is 13.1 Å². The van der Waals surface area contributed by atoms with Gasteiger partial charge < -0.3 is 10.6 Å². The molecule has 1 heterocycles. The molecule has 1 aromatic rings. The number of nitrogens with one attached hydrogen (secondary N) is 2. The lowest BCUT2D eigenvalue weighted by Gasteiger charge is -2.27. The van der Waals surface area contributed by atoms with E-state index in [0.717, 1.165) is 19.5 Å². The summed E-state index contributed by atoms with van der Waals surface area (Å²) in [6, 6.07) is 1.73. The lowest BCUT2D eigenvalue weighted by atomic mass is 9.82. The Balaban J connectivity index is 2.79. The van der Waals surface area contributed by atoms with Gasteiger partial charge >= 0.3 is 0 Å². The van der Waals surface area contributed by atoms with Gasteiger partial charge in [0.15, 0.2) is 0 Å². The topological polar surface area (TPSA) is 37.0 Å². The number of anilines is 2. The molecule has 0 fully saturated rings. The number of hydrogen-bond donors (Lipinski definition) is 2. The molecule has 0 aliphatic rings. The lowest BCUT2D eigenvalue weighted by Crippen LogP contribution is -2.25. The van der Waals surface area contributed by atoms with Crippen LogP contribution in [0.25, 0.3) is 0 Å². The highest BCUT2D eigenvalue weighted by atomic mass is 35.5. The number of halogens is 2. The maximum absolute atomic E-state index is 6.20. The molecule has 20 heavy (non-hydrogen) atoms. The second-order valence-corrected chi connectivity index (χ2v) is 7.04. The number of aromatic nitrogens is 1. The Morgan fingerprint density at radius 2 is 1.70 bits per heavy atom. The summed E-state index contributed by atoms with van der Waals surface area (Å²) in [6.45, 7) is 12.7. The highest BCUT2D eigenvalue weighted by molar-refractivity contribution is 6.37. The predicted molar refractivity (Wildman–Crippen MR) is 90.1 cm³/mol. The third kappa shape index (κ3) is 5.02. The van der Waals surface area contributed by atoms with Gasteiger partial charge in [0.25, 0.3) is 0 Å². The molecular formula is C15H25Cl2N3. The summed E-state index contributed by atoms with van der Waals surface area (Å²) >= 11 is 12.3. The third-order valence-electron chi connectivity index (χ3n) is 3.53.